The molecule has 1 aliphatic rings. The number of hydrogen-bond donors (Lipinski definition) is 0. The smallest absolute Gasteiger partial charge is 0.142 e. The monoisotopic (exact) mass is 450 g/mol. The van der Waals surface area contributed by atoms with Crippen molar-refractivity contribution in [1.29, 1.82) is 0 Å². The summed E-state index contributed by atoms with van der Waals surface area (Å²) in [7, 11) is 1.75. The van der Waals surface area contributed by atoms with Gasteiger partial charge in [-0.15, -0.1) is 11.3 Å². The van der Waals surface area contributed by atoms with Gasteiger partial charge >= 0.3 is 0 Å². The van der Waals surface area contributed by atoms with E-state index in [0.29, 0.717) is 5.92 Å². The van der Waals surface area contributed by atoms with Crippen molar-refractivity contribution in [3.05, 3.63) is 76.5 Å². The largest absolute Gasteiger partial charge is 0.495 e. The quantitative estimate of drug-likeness (QED) is 0.387. The van der Waals surface area contributed by atoms with Crippen molar-refractivity contribution < 1.29 is 9.47 Å². The van der Waals surface area contributed by atoms with Crippen LogP contribution in [0.4, 0.5) is 5.69 Å². The van der Waals surface area contributed by atoms with E-state index in [4.69, 9.17) is 9.47 Å². The molecule has 4 rings (SSSR count). The van der Waals surface area contributed by atoms with Crippen LogP contribution in [0.25, 0.3) is 0 Å². The zero-order chi connectivity index (χ0) is 22.3. The van der Waals surface area contributed by atoms with Crippen LogP contribution in [0.15, 0.2) is 66.0 Å². The van der Waals surface area contributed by atoms with Crippen LogP contribution in [-0.2, 0) is 0 Å². The van der Waals surface area contributed by atoms with E-state index in [-0.39, 0.29) is 6.10 Å². The number of para-hydroxylation sites is 2. The fourth-order valence-electron chi connectivity index (χ4n) is 4.23. The molecule has 170 valence electrons. The summed E-state index contributed by atoms with van der Waals surface area (Å²) in [6.07, 6.45) is 1.08. The van der Waals surface area contributed by atoms with E-state index in [2.05, 4.69) is 77.6 Å². The average molecular weight is 451 g/mol. The summed E-state index contributed by atoms with van der Waals surface area (Å²) in [4.78, 5) is 6.28. The highest BCUT2D eigenvalue weighted by molar-refractivity contribution is 7.10. The predicted molar refractivity (Wildman–Crippen MR) is 134 cm³/mol. The van der Waals surface area contributed by atoms with Gasteiger partial charge in [0.05, 0.1) is 12.8 Å². The molecule has 1 fully saturated rings. The van der Waals surface area contributed by atoms with Crippen molar-refractivity contribution in [1.82, 2.24) is 4.90 Å². The van der Waals surface area contributed by atoms with Crippen LogP contribution in [0.3, 0.4) is 0 Å². The molecule has 32 heavy (non-hydrogen) atoms. The van der Waals surface area contributed by atoms with Gasteiger partial charge in [-0.1, -0.05) is 44.2 Å². The van der Waals surface area contributed by atoms with Crippen molar-refractivity contribution in [3.63, 3.8) is 0 Å². The fourth-order valence-corrected chi connectivity index (χ4v) is 5.02. The highest BCUT2D eigenvalue weighted by atomic mass is 32.1. The van der Waals surface area contributed by atoms with Crippen LogP contribution in [0.5, 0.6) is 11.5 Å². The summed E-state index contributed by atoms with van der Waals surface area (Å²) in [6.45, 7) is 9.61. The number of piperazine rings is 1. The topological polar surface area (TPSA) is 24.9 Å². The molecule has 0 radical (unpaired) electrons. The Balaban J connectivity index is 1.34. The molecule has 1 aliphatic heterocycles. The summed E-state index contributed by atoms with van der Waals surface area (Å²) in [5.41, 5.74) is 2.54. The number of anilines is 1. The van der Waals surface area contributed by atoms with Crippen molar-refractivity contribution >= 4 is 17.0 Å². The molecule has 0 spiro atoms. The van der Waals surface area contributed by atoms with Crippen LogP contribution in [0.1, 0.15) is 42.7 Å². The molecule has 0 amide bonds. The number of methoxy groups -OCH3 is 1. The normalized spacial score (nSPS) is 15.7. The molecule has 1 aromatic heterocycles. The first-order valence-corrected chi connectivity index (χ1v) is 12.4. The van der Waals surface area contributed by atoms with Gasteiger partial charge in [0.1, 0.15) is 17.6 Å². The van der Waals surface area contributed by atoms with Gasteiger partial charge in [0.15, 0.2) is 0 Å². The maximum absolute atomic E-state index is 6.46. The van der Waals surface area contributed by atoms with Gasteiger partial charge in [0, 0.05) is 44.0 Å². The second kappa shape index (κ2) is 10.9. The van der Waals surface area contributed by atoms with Crippen LogP contribution in [0, 0.1) is 0 Å². The number of rotatable bonds is 9. The molecule has 2 aromatic carbocycles. The average Bonchev–Trinajstić information content (AvgIpc) is 3.37. The second-order valence-corrected chi connectivity index (χ2v) is 9.61. The van der Waals surface area contributed by atoms with Crippen LogP contribution in [0.2, 0.25) is 0 Å². The van der Waals surface area contributed by atoms with Gasteiger partial charge in [-0.2, -0.15) is 0 Å². The highest BCUT2D eigenvalue weighted by Gasteiger charge is 2.22. The molecule has 1 atom stereocenters. The molecule has 2 heterocycles. The summed E-state index contributed by atoms with van der Waals surface area (Å²) in [5.74, 6) is 2.44. The van der Waals surface area contributed by atoms with Crippen LogP contribution >= 0.6 is 11.3 Å². The Labute approximate surface area is 196 Å². The van der Waals surface area contributed by atoms with Crippen molar-refractivity contribution in [2.45, 2.75) is 32.3 Å². The molecule has 0 saturated carbocycles. The van der Waals surface area contributed by atoms with Crippen molar-refractivity contribution in [3.8, 4) is 11.5 Å². The van der Waals surface area contributed by atoms with Gasteiger partial charge in [0.2, 0.25) is 0 Å². The lowest BCUT2D eigenvalue weighted by Gasteiger charge is -2.37. The third-order valence-corrected chi connectivity index (χ3v) is 7.16. The molecule has 0 bridgehead atoms. The van der Waals surface area contributed by atoms with E-state index >= 15 is 0 Å². The number of hydrogen-bond acceptors (Lipinski definition) is 5. The maximum atomic E-state index is 6.46. The first kappa shape index (κ1) is 22.7. The van der Waals surface area contributed by atoms with E-state index in [9.17, 15) is 0 Å². The minimum Gasteiger partial charge on any atom is -0.495 e. The molecule has 3 aromatic rings. The number of ether oxygens (including phenoxy) is 2. The van der Waals surface area contributed by atoms with E-state index in [1.54, 1.807) is 18.4 Å². The lowest BCUT2D eigenvalue weighted by molar-refractivity contribution is 0.162. The molecule has 0 aliphatic carbocycles. The Morgan fingerprint density at radius 3 is 2.31 bits per heavy atom. The highest BCUT2D eigenvalue weighted by Crippen LogP contribution is 2.31. The fraction of sp³-hybridized carbons (Fsp3) is 0.407. The lowest BCUT2D eigenvalue weighted by Crippen LogP contribution is -2.47. The molecular formula is C27H34N2O2S. The molecule has 4 nitrogen and oxygen atoms in total. The number of thiophene rings is 1. The predicted octanol–water partition coefficient (Wildman–Crippen LogP) is 6.21. The van der Waals surface area contributed by atoms with Gasteiger partial charge in [-0.25, -0.2) is 0 Å². The van der Waals surface area contributed by atoms with Gasteiger partial charge in [0.25, 0.3) is 0 Å². The minimum atomic E-state index is 0.0900. The summed E-state index contributed by atoms with van der Waals surface area (Å²) in [6, 6.07) is 21.2. The Morgan fingerprint density at radius 1 is 0.906 bits per heavy atom. The van der Waals surface area contributed by atoms with E-state index < -0.39 is 0 Å². The third kappa shape index (κ3) is 5.64. The molecule has 5 heteroatoms. The molecule has 1 saturated heterocycles. The Hall–Kier alpha value is -2.50. The Morgan fingerprint density at radius 2 is 1.66 bits per heavy atom. The number of nitrogens with zero attached hydrogens (tertiary/aromatic N) is 2. The van der Waals surface area contributed by atoms with Crippen molar-refractivity contribution in [2.75, 3.05) is 44.7 Å². The zero-order valence-electron chi connectivity index (χ0n) is 19.4. The standard InChI is InChI=1S/C27H34N2O2S/c1-21(2)22-10-12-23(13-11-22)31-26(27-9-6-20-32-27)14-15-28-16-18-29(19-17-28)24-7-4-5-8-25(24)30-3/h4-13,20-21,26H,14-19H2,1-3H3. The van der Waals surface area contributed by atoms with Crippen molar-refractivity contribution in [2.24, 2.45) is 0 Å². The van der Waals surface area contributed by atoms with Gasteiger partial charge in [-0.3, -0.25) is 4.90 Å². The Kier molecular flexibility index (Phi) is 7.72. The summed E-state index contributed by atoms with van der Waals surface area (Å²) < 4.78 is 12.0. The minimum absolute atomic E-state index is 0.0900. The second-order valence-electron chi connectivity index (χ2n) is 8.63. The van der Waals surface area contributed by atoms with Gasteiger partial charge in [-0.05, 0) is 47.2 Å². The first-order chi connectivity index (χ1) is 15.6. The third-order valence-electron chi connectivity index (χ3n) is 6.19. The maximum Gasteiger partial charge on any atom is 0.142 e. The summed E-state index contributed by atoms with van der Waals surface area (Å²) >= 11 is 1.78. The zero-order valence-corrected chi connectivity index (χ0v) is 20.2. The van der Waals surface area contributed by atoms with Gasteiger partial charge < -0.3 is 14.4 Å². The van der Waals surface area contributed by atoms with E-state index in [1.807, 2.05) is 12.1 Å². The number of benzene rings is 2. The SMILES string of the molecule is COc1ccccc1N1CCN(CCC(Oc2ccc(C(C)C)cc2)c2cccs2)CC1. The molecule has 1 unspecified atom stereocenters. The lowest BCUT2D eigenvalue weighted by atomic mass is 10.0. The summed E-state index contributed by atoms with van der Waals surface area (Å²) in [5, 5.41) is 2.14. The first-order valence-electron chi connectivity index (χ1n) is 11.5. The Bertz CT molecular complexity index is 948. The molecule has 0 N–H and O–H groups in total. The van der Waals surface area contributed by atoms with Crippen LogP contribution in [-0.4, -0.2) is 44.7 Å². The molecular weight excluding hydrogens is 416 g/mol. The van der Waals surface area contributed by atoms with E-state index in [0.717, 1.165) is 50.6 Å². The van der Waals surface area contributed by atoms with Crippen LogP contribution < -0.4 is 14.4 Å². The van der Waals surface area contributed by atoms with E-state index in [1.165, 1.54) is 16.1 Å².